The number of benzene rings is 3. The Morgan fingerprint density at radius 3 is 2.70 bits per heavy atom. The Balaban J connectivity index is 1.64. The van der Waals surface area contributed by atoms with Gasteiger partial charge < -0.3 is 14.8 Å². The Kier molecular flexibility index (Phi) is 3.58. The second-order valence-electron chi connectivity index (χ2n) is 9.17. The fourth-order valence-electron chi connectivity index (χ4n) is 5.30. The molecule has 4 nitrogen and oxygen atoms in total. The Bertz CT molecular complexity index is 1240. The van der Waals surface area contributed by atoms with E-state index >= 15 is 0 Å². The molecule has 0 amide bonds. The minimum Gasteiger partial charge on any atom is -0.454 e. The third-order valence-corrected chi connectivity index (χ3v) is 6.51. The van der Waals surface area contributed by atoms with Crippen LogP contribution in [0.15, 0.2) is 66.4 Å². The maximum Gasteiger partial charge on any atom is 0.231 e. The molecule has 2 heterocycles. The molecule has 4 heteroatoms. The molecule has 2 aliphatic heterocycles. The first-order chi connectivity index (χ1) is 14.5. The molecule has 3 aromatic carbocycles. The van der Waals surface area contributed by atoms with Crippen molar-refractivity contribution in [3.8, 4) is 11.5 Å². The van der Waals surface area contributed by atoms with Crippen molar-refractivity contribution in [3.05, 3.63) is 77.5 Å². The first-order valence-electron chi connectivity index (χ1n) is 10.4. The minimum absolute atomic E-state index is 0.0725. The SMILES string of the molecule is CC1(C)C=C2Nc3ccc4ccccc4c3C(c3ccc4c(c3)OCO4)C2C(=O)C1. The number of carbonyl (C=O) groups excluding carboxylic acids is 1. The normalized spacial score (nSPS) is 23.4. The number of rotatable bonds is 1. The van der Waals surface area contributed by atoms with Gasteiger partial charge in [-0.1, -0.05) is 56.3 Å². The summed E-state index contributed by atoms with van der Waals surface area (Å²) in [6.45, 7) is 4.49. The number of ketones is 1. The highest BCUT2D eigenvalue weighted by Gasteiger charge is 2.44. The molecule has 30 heavy (non-hydrogen) atoms. The molecule has 150 valence electrons. The van der Waals surface area contributed by atoms with Crippen molar-refractivity contribution < 1.29 is 14.3 Å². The zero-order valence-corrected chi connectivity index (χ0v) is 17.1. The molecule has 2 unspecified atom stereocenters. The Morgan fingerprint density at radius 2 is 1.80 bits per heavy atom. The molecule has 3 aliphatic rings. The highest BCUT2D eigenvalue weighted by Crippen LogP contribution is 2.52. The predicted molar refractivity (Wildman–Crippen MR) is 117 cm³/mol. The Morgan fingerprint density at radius 1 is 0.967 bits per heavy atom. The molecule has 0 saturated heterocycles. The van der Waals surface area contributed by atoms with Crippen LogP contribution in [0.4, 0.5) is 5.69 Å². The number of fused-ring (bicyclic) bond motifs is 5. The summed E-state index contributed by atoms with van der Waals surface area (Å²) < 4.78 is 11.2. The van der Waals surface area contributed by atoms with E-state index in [1.54, 1.807) is 0 Å². The molecular formula is C26H23NO3. The lowest BCUT2D eigenvalue weighted by molar-refractivity contribution is -0.124. The fraction of sp³-hybridized carbons (Fsp3) is 0.269. The molecule has 0 aromatic heterocycles. The number of nitrogens with one attached hydrogen (secondary N) is 1. The summed E-state index contributed by atoms with van der Waals surface area (Å²) in [5.41, 5.74) is 4.21. The summed E-state index contributed by atoms with van der Waals surface area (Å²) in [7, 11) is 0. The quantitative estimate of drug-likeness (QED) is 0.578. The molecule has 0 fully saturated rings. The van der Waals surface area contributed by atoms with Gasteiger partial charge in [-0.05, 0) is 45.5 Å². The van der Waals surface area contributed by atoms with Crippen LogP contribution >= 0.6 is 0 Å². The van der Waals surface area contributed by atoms with Crippen molar-refractivity contribution in [2.45, 2.75) is 26.2 Å². The van der Waals surface area contributed by atoms with Crippen LogP contribution in [0.5, 0.6) is 11.5 Å². The summed E-state index contributed by atoms with van der Waals surface area (Å²) >= 11 is 0. The lowest BCUT2D eigenvalue weighted by Gasteiger charge is -2.42. The van der Waals surface area contributed by atoms with Crippen molar-refractivity contribution in [3.63, 3.8) is 0 Å². The zero-order valence-electron chi connectivity index (χ0n) is 17.1. The van der Waals surface area contributed by atoms with Gasteiger partial charge in [-0.25, -0.2) is 0 Å². The maximum atomic E-state index is 13.5. The second-order valence-corrected chi connectivity index (χ2v) is 9.17. The molecule has 0 bridgehead atoms. The molecular weight excluding hydrogens is 374 g/mol. The van der Waals surface area contributed by atoms with Gasteiger partial charge in [-0.15, -0.1) is 0 Å². The number of Topliss-reactive ketones (excluding diaryl/α,β-unsaturated/α-hetero) is 1. The van der Waals surface area contributed by atoms with E-state index in [2.05, 4.69) is 73.8 Å². The largest absolute Gasteiger partial charge is 0.454 e. The molecule has 3 aromatic rings. The van der Waals surface area contributed by atoms with Crippen LogP contribution in [-0.2, 0) is 4.79 Å². The van der Waals surface area contributed by atoms with E-state index in [4.69, 9.17) is 9.47 Å². The third kappa shape index (κ3) is 2.56. The van der Waals surface area contributed by atoms with Gasteiger partial charge in [0.1, 0.15) is 5.78 Å². The molecule has 0 saturated carbocycles. The van der Waals surface area contributed by atoms with E-state index < -0.39 is 0 Å². The molecule has 1 N–H and O–H groups in total. The lowest BCUT2D eigenvalue weighted by Crippen LogP contribution is -2.39. The molecule has 1 aliphatic carbocycles. The minimum atomic E-state index is -0.225. The summed E-state index contributed by atoms with van der Waals surface area (Å²) in [6.07, 6.45) is 2.79. The predicted octanol–water partition coefficient (Wildman–Crippen LogP) is 5.63. The van der Waals surface area contributed by atoms with Gasteiger partial charge in [0.15, 0.2) is 11.5 Å². The van der Waals surface area contributed by atoms with Gasteiger partial charge in [-0.3, -0.25) is 4.79 Å². The Labute approximate surface area is 175 Å². The van der Waals surface area contributed by atoms with Gasteiger partial charge in [0.2, 0.25) is 6.79 Å². The smallest absolute Gasteiger partial charge is 0.231 e. The second kappa shape index (κ2) is 6.11. The number of carbonyl (C=O) groups is 1. The van der Waals surface area contributed by atoms with Crippen LogP contribution in [0, 0.1) is 11.3 Å². The van der Waals surface area contributed by atoms with Crippen LogP contribution in [0.3, 0.4) is 0 Å². The Hall–Kier alpha value is -3.27. The van der Waals surface area contributed by atoms with Crippen molar-refractivity contribution in [2.24, 2.45) is 11.3 Å². The van der Waals surface area contributed by atoms with E-state index in [1.165, 1.54) is 16.3 Å². The zero-order chi connectivity index (χ0) is 20.5. The van der Waals surface area contributed by atoms with Gasteiger partial charge in [0.05, 0.1) is 5.92 Å². The highest BCUT2D eigenvalue weighted by atomic mass is 16.7. The standard InChI is InChI=1S/C26H23NO3/c1-26(2)12-19-25(20(28)13-26)23(16-8-10-21-22(11-16)30-14-29-21)24-17-6-4-3-5-15(17)7-9-18(24)27-19/h3-12,23,25,27H,13-14H2,1-2H3. The van der Waals surface area contributed by atoms with E-state index in [0.717, 1.165) is 28.4 Å². The van der Waals surface area contributed by atoms with Gasteiger partial charge in [0, 0.05) is 23.7 Å². The van der Waals surface area contributed by atoms with Gasteiger partial charge in [0.25, 0.3) is 0 Å². The van der Waals surface area contributed by atoms with Crippen LogP contribution in [0.2, 0.25) is 0 Å². The van der Waals surface area contributed by atoms with Crippen molar-refractivity contribution >= 4 is 22.2 Å². The summed E-state index contributed by atoms with van der Waals surface area (Å²) in [6, 6.07) is 18.8. The summed E-state index contributed by atoms with van der Waals surface area (Å²) in [4.78, 5) is 13.5. The first kappa shape index (κ1) is 17.6. The molecule has 2 atom stereocenters. The molecule has 0 spiro atoms. The van der Waals surface area contributed by atoms with Gasteiger partial charge in [-0.2, -0.15) is 0 Å². The van der Waals surface area contributed by atoms with E-state index in [1.807, 2.05) is 6.07 Å². The van der Waals surface area contributed by atoms with E-state index in [9.17, 15) is 4.79 Å². The van der Waals surface area contributed by atoms with Crippen LogP contribution < -0.4 is 14.8 Å². The first-order valence-corrected chi connectivity index (χ1v) is 10.4. The summed E-state index contributed by atoms with van der Waals surface area (Å²) in [5, 5.41) is 5.98. The number of allylic oxidation sites excluding steroid dienone is 2. The monoisotopic (exact) mass is 397 g/mol. The average molecular weight is 397 g/mol. The number of anilines is 1. The van der Waals surface area contributed by atoms with Crippen LogP contribution in [0.25, 0.3) is 10.8 Å². The summed E-state index contributed by atoms with van der Waals surface area (Å²) in [5.74, 6) is 1.50. The number of hydrogen-bond donors (Lipinski definition) is 1. The average Bonchev–Trinajstić information content (AvgIpc) is 3.19. The third-order valence-electron chi connectivity index (χ3n) is 6.51. The van der Waals surface area contributed by atoms with Crippen molar-refractivity contribution in [1.29, 1.82) is 0 Å². The van der Waals surface area contributed by atoms with E-state index in [0.29, 0.717) is 6.42 Å². The number of hydrogen-bond acceptors (Lipinski definition) is 4. The fourth-order valence-corrected chi connectivity index (χ4v) is 5.30. The van der Waals surface area contributed by atoms with E-state index in [-0.39, 0.29) is 29.8 Å². The van der Waals surface area contributed by atoms with Crippen molar-refractivity contribution in [2.75, 3.05) is 12.1 Å². The lowest BCUT2D eigenvalue weighted by atomic mass is 9.66. The highest BCUT2D eigenvalue weighted by molar-refractivity contribution is 5.97. The topological polar surface area (TPSA) is 47.6 Å². The number of ether oxygens (including phenoxy) is 2. The molecule has 0 radical (unpaired) electrons. The maximum absolute atomic E-state index is 13.5. The van der Waals surface area contributed by atoms with Crippen molar-refractivity contribution in [1.82, 2.24) is 0 Å². The van der Waals surface area contributed by atoms with Crippen LogP contribution in [0.1, 0.15) is 37.3 Å². The van der Waals surface area contributed by atoms with Crippen LogP contribution in [-0.4, -0.2) is 12.6 Å². The molecule has 6 rings (SSSR count). The van der Waals surface area contributed by atoms with Gasteiger partial charge >= 0.3 is 0 Å².